The Morgan fingerprint density at radius 2 is 2.27 bits per heavy atom. The van der Waals surface area contributed by atoms with E-state index in [4.69, 9.17) is 4.74 Å². The number of carbonyl (C=O) groups is 1. The van der Waals surface area contributed by atoms with Gasteiger partial charge in [-0.15, -0.1) is 0 Å². The predicted octanol–water partition coefficient (Wildman–Crippen LogP) is -0.146. The van der Waals surface area contributed by atoms with Gasteiger partial charge in [-0.3, -0.25) is 9.78 Å². The summed E-state index contributed by atoms with van der Waals surface area (Å²) in [6.45, 7) is 0.806. The van der Waals surface area contributed by atoms with Crippen molar-refractivity contribution in [1.82, 2.24) is 14.3 Å². The Morgan fingerprint density at radius 1 is 1.45 bits per heavy atom. The average molecular weight is 326 g/mol. The maximum absolute atomic E-state index is 12.2. The van der Waals surface area contributed by atoms with Crippen LogP contribution < -0.4 is 5.32 Å². The number of anilines is 1. The van der Waals surface area contributed by atoms with Crippen LogP contribution >= 0.6 is 0 Å². The molecule has 8 nitrogen and oxygen atoms in total. The Balaban J connectivity index is 1.61. The molecule has 0 unspecified atom stereocenters. The largest absolute Gasteiger partial charge is 0.363 e. The fourth-order valence-corrected chi connectivity index (χ4v) is 3.80. The van der Waals surface area contributed by atoms with E-state index in [2.05, 4.69) is 15.3 Å². The zero-order chi connectivity index (χ0) is 15.7. The van der Waals surface area contributed by atoms with Gasteiger partial charge >= 0.3 is 0 Å². The molecular weight excluding hydrogens is 308 g/mol. The summed E-state index contributed by atoms with van der Waals surface area (Å²) >= 11 is 0. The lowest BCUT2D eigenvalue weighted by atomic mass is 9.93. The van der Waals surface area contributed by atoms with Crippen molar-refractivity contribution in [3.05, 3.63) is 18.6 Å². The molecule has 0 saturated carbocycles. The lowest BCUT2D eigenvalue weighted by Crippen LogP contribution is -2.44. The summed E-state index contributed by atoms with van der Waals surface area (Å²) in [6, 6.07) is 0. The van der Waals surface area contributed by atoms with Crippen LogP contribution in [0.4, 0.5) is 5.82 Å². The van der Waals surface area contributed by atoms with Crippen molar-refractivity contribution in [2.24, 2.45) is 5.92 Å². The standard InChI is InChI=1S/C13H18N4O4S/c1-22(19,20)17-5-2-9-6-10(21-11(9)8-17)13(18)16-12-7-14-3-4-15-12/h3-4,7,9-11H,2,5-6,8H2,1H3,(H,15,16,18)/t9-,10+,11+/m1/s1. The summed E-state index contributed by atoms with van der Waals surface area (Å²) in [5.41, 5.74) is 0. The van der Waals surface area contributed by atoms with Crippen LogP contribution in [0.3, 0.4) is 0 Å². The lowest BCUT2D eigenvalue weighted by Gasteiger charge is -2.32. The zero-order valence-corrected chi connectivity index (χ0v) is 13.0. The minimum Gasteiger partial charge on any atom is -0.363 e. The Bertz CT molecular complexity index is 651. The number of fused-ring (bicyclic) bond motifs is 1. The number of rotatable bonds is 3. The number of nitrogens with one attached hydrogen (secondary N) is 1. The molecule has 0 spiro atoms. The molecule has 0 aliphatic carbocycles. The van der Waals surface area contributed by atoms with E-state index in [9.17, 15) is 13.2 Å². The second-order valence-corrected chi connectivity index (χ2v) is 7.63. The van der Waals surface area contributed by atoms with Gasteiger partial charge in [0.2, 0.25) is 10.0 Å². The summed E-state index contributed by atoms with van der Waals surface area (Å²) in [5, 5.41) is 2.67. The Labute approximate surface area is 128 Å². The van der Waals surface area contributed by atoms with Crippen LogP contribution in [-0.4, -0.2) is 60.2 Å². The number of amides is 1. The van der Waals surface area contributed by atoms with Crippen molar-refractivity contribution in [3.8, 4) is 0 Å². The van der Waals surface area contributed by atoms with Gasteiger partial charge < -0.3 is 10.1 Å². The first-order valence-corrected chi connectivity index (χ1v) is 8.96. The van der Waals surface area contributed by atoms with Gasteiger partial charge in [-0.1, -0.05) is 0 Å². The molecule has 1 N–H and O–H groups in total. The van der Waals surface area contributed by atoms with E-state index in [1.165, 1.54) is 29.2 Å². The highest BCUT2D eigenvalue weighted by Gasteiger charge is 2.43. The molecular formula is C13H18N4O4S. The quantitative estimate of drug-likeness (QED) is 0.829. The molecule has 9 heteroatoms. The molecule has 1 aromatic heterocycles. The van der Waals surface area contributed by atoms with Gasteiger partial charge in [-0.05, 0) is 18.8 Å². The number of hydrogen-bond acceptors (Lipinski definition) is 6. The smallest absolute Gasteiger partial charge is 0.254 e. The summed E-state index contributed by atoms with van der Waals surface area (Å²) in [6.07, 6.45) is 6.20. The fraction of sp³-hybridized carbons (Fsp3) is 0.615. The maximum Gasteiger partial charge on any atom is 0.254 e. The van der Waals surface area contributed by atoms with E-state index < -0.39 is 16.1 Å². The van der Waals surface area contributed by atoms with E-state index in [1.54, 1.807) is 0 Å². The van der Waals surface area contributed by atoms with Gasteiger partial charge in [0.1, 0.15) is 6.10 Å². The van der Waals surface area contributed by atoms with Gasteiger partial charge in [0.15, 0.2) is 5.82 Å². The molecule has 2 aliphatic rings. The molecule has 0 radical (unpaired) electrons. The van der Waals surface area contributed by atoms with Crippen LogP contribution in [0, 0.1) is 5.92 Å². The maximum atomic E-state index is 12.2. The van der Waals surface area contributed by atoms with Crippen LogP contribution in [0.5, 0.6) is 0 Å². The van der Waals surface area contributed by atoms with Crippen molar-refractivity contribution < 1.29 is 17.9 Å². The number of sulfonamides is 1. The van der Waals surface area contributed by atoms with E-state index in [1.807, 2.05) is 0 Å². The van der Waals surface area contributed by atoms with Gasteiger partial charge in [-0.25, -0.2) is 13.4 Å². The number of ether oxygens (including phenoxy) is 1. The third-order valence-corrected chi connectivity index (χ3v) is 5.36. The molecule has 2 fully saturated rings. The van der Waals surface area contributed by atoms with Gasteiger partial charge in [0, 0.05) is 25.5 Å². The number of aromatic nitrogens is 2. The molecule has 0 aromatic carbocycles. The summed E-state index contributed by atoms with van der Waals surface area (Å²) in [7, 11) is -3.22. The molecule has 3 heterocycles. The molecule has 0 bridgehead atoms. The topological polar surface area (TPSA) is 101 Å². The number of hydrogen-bond donors (Lipinski definition) is 1. The predicted molar refractivity (Wildman–Crippen MR) is 78.5 cm³/mol. The molecule has 2 saturated heterocycles. The van der Waals surface area contributed by atoms with Crippen LogP contribution in [0.1, 0.15) is 12.8 Å². The monoisotopic (exact) mass is 326 g/mol. The van der Waals surface area contributed by atoms with Crippen molar-refractivity contribution in [1.29, 1.82) is 0 Å². The molecule has 1 aromatic rings. The van der Waals surface area contributed by atoms with E-state index in [0.717, 1.165) is 0 Å². The van der Waals surface area contributed by atoms with Crippen LogP contribution in [0.2, 0.25) is 0 Å². The Hall–Kier alpha value is -1.58. The molecule has 3 atom stereocenters. The van der Waals surface area contributed by atoms with Crippen LogP contribution in [0.15, 0.2) is 18.6 Å². The lowest BCUT2D eigenvalue weighted by molar-refractivity contribution is -0.127. The van der Waals surface area contributed by atoms with Crippen molar-refractivity contribution >= 4 is 21.7 Å². The highest BCUT2D eigenvalue weighted by atomic mass is 32.2. The second-order valence-electron chi connectivity index (χ2n) is 5.65. The SMILES string of the molecule is CS(=O)(=O)N1CC[C@@H]2C[C@@H](C(=O)Nc3cnccn3)O[C@H]2C1. The molecule has 120 valence electrons. The summed E-state index contributed by atoms with van der Waals surface area (Å²) in [4.78, 5) is 20.1. The third-order valence-electron chi connectivity index (χ3n) is 4.09. The number of carbonyl (C=O) groups excluding carboxylic acids is 1. The van der Waals surface area contributed by atoms with E-state index >= 15 is 0 Å². The normalized spacial score (nSPS) is 29.0. The molecule has 3 rings (SSSR count). The number of nitrogens with zero attached hydrogens (tertiary/aromatic N) is 3. The van der Waals surface area contributed by atoms with E-state index in [-0.39, 0.29) is 17.9 Å². The first-order valence-electron chi connectivity index (χ1n) is 7.11. The molecule has 22 heavy (non-hydrogen) atoms. The Kier molecular flexibility index (Phi) is 4.11. The highest BCUT2D eigenvalue weighted by molar-refractivity contribution is 7.88. The third kappa shape index (κ3) is 3.26. The van der Waals surface area contributed by atoms with Crippen LogP contribution in [0.25, 0.3) is 0 Å². The van der Waals surface area contributed by atoms with Crippen molar-refractivity contribution in [3.63, 3.8) is 0 Å². The molecule has 1 amide bonds. The van der Waals surface area contributed by atoms with E-state index in [0.29, 0.717) is 31.7 Å². The first kappa shape index (κ1) is 15.3. The summed E-state index contributed by atoms with van der Waals surface area (Å²) < 4.78 is 30.4. The van der Waals surface area contributed by atoms with Gasteiger partial charge in [-0.2, -0.15) is 4.31 Å². The van der Waals surface area contributed by atoms with Crippen molar-refractivity contribution in [2.45, 2.75) is 25.0 Å². The van der Waals surface area contributed by atoms with Crippen LogP contribution in [-0.2, 0) is 19.6 Å². The minimum atomic E-state index is -3.22. The van der Waals surface area contributed by atoms with Crippen molar-refractivity contribution in [2.75, 3.05) is 24.7 Å². The first-order chi connectivity index (χ1) is 10.4. The van der Waals surface area contributed by atoms with Gasteiger partial charge in [0.25, 0.3) is 5.91 Å². The highest BCUT2D eigenvalue weighted by Crippen LogP contribution is 2.34. The summed E-state index contributed by atoms with van der Waals surface area (Å²) in [5.74, 6) is 0.333. The average Bonchev–Trinajstić information content (AvgIpc) is 2.90. The number of piperidine rings is 1. The molecule has 2 aliphatic heterocycles. The fourth-order valence-electron chi connectivity index (χ4n) is 2.94. The minimum absolute atomic E-state index is 0.218. The zero-order valence-electron chi connectivity index (χ0n) is 12.2. The van der Waals surface area contributed by atoms with Gasteiger partial charge in [0.05, 0.1) is 18.6 Å². The Morgan fingerprint density at radius 3 is 2.95 bits per heavy atom. The second kappa shape index (κ2) is 5.90.